The molecule has 0 spiro atoms. The van der Waals surface area contributed by atoms with Crippen molar-refractivity contribution < 1.29 is 104 Å². The summed E-state index contributed by atoms with van der Waals surface area (Å²) < 4.78 is 50.7. The number of methoxy groups -OCH3 is 2. The van der Waals surface area contributed by atoms with Crippen LogP contribution in [0, 0.1) is 0 Å². The maximum Gasteiger partial charge on any atom is 0.330 e. The second-order valence-electron chi connectivity index (χ2n) is 13.7. The lowest BCUT2D eigenvalue weighted by molar-refractivity contribution is -0.391. The SMILES string of the molecule is COc1ccc(CCO[C@@H]2O[C@H](COC(=O)/C=C/c3ccc(O)c(OC)c3)[C@@H](O)[C@H](O[C@@H]3O[C@H](CO)[C@@H](O)[C@H](O)[C@H]3O)[C@H]2O[C@@H]2O[C@H](CO)[C@@H](O)[C@H](O)[C@H]2O)cc1O. The lowest BCUT2D eigenvalue weighted by Gasteiger charge is -2.49. The molecule has 324 valence electrons. The number of benzene rings is 2. The Morgan fingerprint density at radius 1 is 0.655 bits per heavy atom. The third-order valence-electron chi connectivity index (χ3n) is 9.82. The number of carbonyl (C=O) groups excluding carboxylic acids is 1. The van der Waals surface area contributed by atoms with Gasteiger partial charge >= 0.3 is 5.97 Å². The molecule has 0 amide bonds. The average molecular weight is 831 g/mol. The number of carbonyl (C=O) groups is 1. The topological polar surface area (TPSA) is 323 Å². The molecule has 15 atom stereocenters. The number of rotatable bonds is 16. The summed E-state index contributed by atoms with van der Waals surface area (Å²) in [7, 11) is 2.73. The molecule has 21 heteroatoms. The van der Waals surface area contributed by atoms with E-state index in [4.69, 9.17) is 42.6 Å². The Hall–Kier alpha value is -3.75. The van der Waals surface area contributed by atoms with Crippen LogP contribution < -0.4 is 9.47 Å². The molecule has 21 nitrogen and oxygen atoms in total. The van der Waals surface area contributed by atoms with Gasteiger partial charge in [-0.25, -0.2) is 4.79 Å². The van der Waals surface area contributed by atoms with Crippen molar-refractivity contribution in [3.63, 3.8) is 0 Å². The van der Waals surface area contributed by atoms with Gasteiger partial charge in [0.05, 0.1) is 34.0 Å². The molecule has 2 aromatic carbocycles. The van der Waals surface area contributed by atoms with Gasteiger partial charge in [-0.1, -0.05) is 12.1 Å². The largest absolute Gasteiger partial charge is 0.504 e. The predicted octanol–water partition coefficient (Wildman–Crippen LogP) is -3.61. The van der Waals surface area contributed by atoms with Crippen LogP contribution in [0.15, 0.2) is 42.5 Å². The molecule has 2 aromatic rings. The molecule has 3 heterocycles. The Kier molecular flexibility index (Phi) is 16.0. The van der Waals surface area contributed by atoms with E-state index in [1.165, 1.54) is 50.6 Å². The maximum absolute atomic E-state index is 12.8. The summed E-state index contributed by atoms with van der Waals surface area (Å²) in [6.07, 6.45) is -24.0. The minimum atomic E-state index is -1.98. The molecule has 0 bridgehead atoms. The van der Waals surface area contributed by atoms with Crippen molar-refractivity contribution in [1.82, 2.24) is 0 Å². The molecule has 58 heavy (non-hydrogen) atoms. The second-order valence-corrected chi connectivity index (χ2v) is 13.7. The van der Waals surface area contributed by atoms with Crippen LogP contribution in [0.2, 0.25) is 0 Å². The monoisotopic (exact) mass is 830 g/mol. The molecular formula is C37H50O21. The molecule has 3 fully saturated rings. The van der Waals surface area contributed by atoms with Crippen LogP contribution in [0.3, 0.4) is 0 Å². The smallest absolute Gasteiger partial charge is 0.330 e. The number of hydrogen-bond acceptors (Lipinski definition) is 21. The van der Waals surface area contributed by atoms with Crippen LogP contribution in [0.25, 0.3) is 6.08 Å². The fraction of sp³-hybridized carbons (Fsp3) is 0.595. The average Bonchev–Trinajstić information content (AvgIpc) is 3.22. The highest BCUT2D eigenvalue weighted by Gasteiger charge is 2.54. The van der Waals surface area contributed by atoms with Crippen molar-refractivity contribution in [1.29, 1.82) is 0 Å². The summed E-state index contributed by atoms with van der Waals surface area (Å²) in [4.78, 5) is 12.8. The van der Waals surface area contributed by atoms with Crippen molar-refractivity contribution in [2.75, 3.05) is 40.6 Å². The molecule has 0 aliphatic carbocycles. The lowest BCUT2D eigenvalue weighted by Crippen LogP contribution is -2.67. The van der Waals surface area contributed by atoms with Gasteiger partial charge in [-0.3, -0.25) is 0 Å². The standard InChI is InChI=1S/C37H50O21/c1-50-20-7-4-17(11-19(20)41)9-10-52-37-34(58-36-32(49)30(47)27(44)23(14-39)55-36)33(57-35-31(48)29(46)26(43)22(13-38)54-35)28(45)24(56-37)15-53-25(42)8-5-16-3-6-18(40)21(12-16)51-2/h3-8,11-12,22-24,26-41,43-49H,9-10,13-15H2,1-2H3/b8-5+/t22-,23-,24-,26-,27-,28-,29+,30+,31-,32-,33+,34-,35+,36+,37-/m1/s1. The van der Waals surface area contributed by atoms with Gasteiger partial charge in [0, 0.05) is 6.08 Å². The molecule has 3 aliphatic heterocycles. The zero-order valence-corrected chi connectivity index (χ0v) is 31.3. The maximum atomic E-state index is 12.8. The number of esters is 1. The first-order chi connectivity index (χ1) is 27.7. The molecule has 3 saturated heterocycles. The first-order valence-corrected chi connectivity index (χ1v) is 18.2. The number of hydrogen-bond donors (Lipinski definition) is 11. The second kappa shape index (κ2) is 20.5. The van der Waals surface area contributed by atoms with Crippen molar-refractivity contribution in [2.45, 2.75) is 98.5 Å². The summed E-state index contributed by atoms with van der Waals surface area (Å²) in [6, 6.07) is 8.89. The van der Waals surface area contributed by atoms with Crippen molar-refractivity contribution in [3.05, 3.63) is 53.6 Å². The van der Waals surface area contributed by atoms with E-state index in [1.54, 1.807) is 6.07 Å². The van der Waals surface area contributed by atoms with Gasteiger partial charge < -0.3 is 98.8 Å². The third-order valence-corrected chi connectivity index (χ3v) is 9.82. The molecule has 0 saturated carbocycles. The predicted molar refractivity (Wildman–Crippen MR) is 191 cm³/mol. The lowest BCUT2D eigenvalue weighted by atomic mass is 9.96. The fourth-order valence-corrected chi connectivity index (χ4v) is 6.49. The van der Waals surface area contributed by atoms with E-state index in [0.717, 1.165) is 6.08 Å². The van der Waals surface area contributed by atoms with E-state index < -0.39 is 118 Å². The summed E-state index contributed by atoms with van der Waals surface area (Å²) in [5.74, 6) is -0.834. The van der Waals surface area contributed by atoms with Crippen LogP contribution >= 0.6 is 0 Å². The van der Waals surface area contributed by atoms with Crippen LogP contribution in [0.5, 0.6) is 23.0 Å². The van der Waals surface area contributed by atoms with Gasteiger partial charge in [0.25, 0.3) is 0 Å². The van der Waals surface area contributed by atoms with Gasteiger partial charge in [0.1, 0.15) is 79.9 Å². The fourth-order valence-electron chi connectivity index (χ4n) is 6.49. The molecule has 0 aromatic heterocycles. The highest BCUT2D eigenvalue weighted by atomic mass is 16.8. The van der Waals surface area contributed by atoms with Crippen LogP contribution in [0.4, 0.5) is 0 Å². The Bertz CT molecular complexity index is 1660. The molecule has 3 aliphatic rings. The molecule has 0 radical (unpaired) electrons. The molecular weight excluding hydrogens is 780 g/mol. The summed E-state index contributed by atoms with van der Waals surface area (Å²) in [5, 5.41) is 115. The van der Waals surface area contributed by atoms with Gasteiger partial charge in [-0.15, -0.1) is 0 Å². The number of ether oxygens (including phenoxy) is 9. The van der Waals surface area contributed by atoms with E-state index in [0.29, 0.717) is 11.1 Å². The summed E-state index contributed by atoms with van der Waals surface area (Å²) in [5.41, 5.74) is 1.03. The highest BCUT2D eigenvalue weighted by molar-refractivity contribution is 5.87. The Morgan fingerprint density at radius 2 is 1.24 bits per heavy atom. The van der Waals surface area contributed by atoms with Gasteiger partial charge in [0.15, 0.2) is 41.9 Å². The number of phenols is 2. The minimum Gasteiger partial charge on any atom is -0.504 e. The first kappa shape index (κ1) is 45.3. The van der Waals surface area contributed by atoms with E-state index in [9.17, 15) is 61.0 Å². The third kappa shape index (κ3) is 10.5. The Balaban J connectivity index is 1.43. The van der Waals surface area contributed by atoms with E-state index in [2.05, 4.69) is 0 Å². The molecule has 0 unspecified atom stereocenters. The van der Waals surface area contributed by atoms with Crippen molar-refractivity contribution in [3.8, 4) is 23.0 Å². The number of phenolic OH excluding ortho intramolecular Hbond substituents is 2. The van der Waals surface area contributed by atoms with Crippen molar-refractivity contribution >= 4 is 12.0 Å². The first-order valence-electron chi connectivity index (χ1n) is 18.2. The van der Waals surface area contributed by atoms with Gasteiger partial charge in [-0.05, 0) is 47.9 Å². The van der Waals surface area contributed by atoms with Crippen molar-refractivity contribution in [2.24, 2.45) is 0 Å². The summed E-state index contributed by atoms with van der Waals surface area (Å²) >= 11 is 0. The van der Waals surface area contributed by atoms with Crippen LogP contribution in [-0.4, -0.2) is 195 Å². The van der Waals surface area contributed by atoms with E-state index in [1.807, 2.05) is 0 Å². The van der Waals surface area contributed by atoms with Gasteiger partial charge in [0.2, 0.25) is 0 Å². The Morgan fingerprint density at radius 3 is 1.81 bits per heavy atom. The normalized spacial score (nSPS) is 35.5. The quantitative estimate of drug-likeness (QED) is 0.0575. The number of aliphatic hydroxyl groups excluding tert-OH is 9. The number of aromatic hydroxyl groups is 2. The van der Waals surface area contributed by atoms with Crippen LogP contribution in [-0.2, 0) is 44.4 Å². The highest BCUT2D eigenvalue weighted by Crippen LogP contribution is 2.35. The Labute approximate surface area is 331 Å². The zero-order chi connectivity index (χ0) is 42.3. The summed E-state index contributed by atoms with van der Waals surface area (Å²) in [6.45, 7) is -2.52. The zero-order valence-electron chi connectivity index (χ0n) is 31.3. The number of aliphatic hydroxyl groups is 9. The van der Waals surface area contributed by atoms with Crippen LogP contribution in [0.1, 0.15) is 11.1 Å². The van der Waals surface area contributed by atoms with E-state index >= 15 is 0 Å². The minimum absolute atomic E-state index is 0.122. The molecule has 11 N–H and O–H groups in total. The molecule has 5 rings (SSSR count). The van der Waals surface area contributed by atoms with Gasteiger partial charge in [-0.2, -0.15) is 0 Å². The van der Waals surface area contributed by atoms with E-state index in [-0.39, 0.29) is 36.0 Å².